The molecule has 11 aromatic rings. The van der Waals surface area contributed by atoms with Crippen molar-refractivity contribution in [1.82, 2.24) is 0 Å². The number of fused-ring (bicyclic) bond motifs is 1. The summed E-state index contributed by atoms with van der Waals surface area (Å²) in [7, 11) is 0. The van der Waals surface area contributed by atoms with Crippen LogP contribution in [0.3, 0.4) is 0 Å². The summed E-state index contributed by atoms with van der Waals surface area (Å²) in [4.78, 5) is 90.8. The van der Waals surface area contributed by atoms with Crippen molar-refractivity contribution in [3.8, 4) is 28.7 Å². The number of rotatable bonds is 13. The molecule has 24 nitrogen and oxygen atoms in total. The molecule has 580 valence electrons. The van der Waals surface area contributed by atoms with Gasteiger partial charge in [0.05, 0.1) is 90.9 Å². The van der Waals surface area contributed by atoms with Crippen molar-refractivity contribution >= 4 is 167 Å². The van der Waals surface area contributed by atoms with Crippen LogP contribution in [0.2, 0.25) is 35.2 Å². The molecular weight excluding hydrogens is 1630 g/mol. The lowest BCUT2D eigenvalue weighted by molar-refractivity contribution is -0.385. The summed E-state index contributed by atoms with van der Waals surface area (Å²) >= 11 is 40.7. The Morgan fingerprint density at radius 2 is 0.732 bits per heavy atom. The van der Waals surface area contributed by atoms with E-state index in [9.17, 15) is 106 Å². The van der Waals surface area contributed by atoms with Crippen LogP contribution in [-0.2, 0) is 17.8 Å². The lowest BCUT2D eigenvalue weighted by Gasteiger charge is -2.20. The number of alkyl halides is 6. The molecule has 0 aromatic heterocycles. The molecule has 0 aliphatic rings. The first-order valence-electron chi connectivity index (χ1n) is 31.3. The fourth-order valence-corrected chi connectivity index (χ4v) is 10.9. The highest BCUT2D eigenvalue weighted by atomic mass is 35.5. The monoisotopic (exact) mass is 1680 g/mol. The Morgan fingerprint density at radius 3 is 1.17 bits per heavy atom. The number of phenols is 5. The molecule has 5 amide bonds. The number of aromatic hydroxyl groups is 5. The maximum Gasteiger partial charge on any atom is 0.416 e. The number of hydrogen-bond donors (Lipinski definition) is 10. The standard InChI is InChI=1S/C17H11ClN2O4.C17H18ClNO2.C15H8ClF6NO2.C13H7Cl3N2O4.C13H9ClN2O4/c18-14-9-11(20(23)24)6-8-15(14)19-17(22)13-7-5-10-3-1-2-4-12(10)16(13)21;1-17(2,3)11-5-4-6-13(9-11)19-16(21)14-10-12(18)7-8-15(14)20;16-9-1-2-12(24)11(6-9)13(25)23-10-4-7(14(17,18)19)3-8(5-10)15(20,21)22;14-6-3-8(12(19)10(16)4-6)13(20)17-11-2-1-7(18(21)22)5-9(11)15;14-10-7-8(16(19)20)5-6-11(10)15-13(18)9-3-1-2-4-12(9)17/h1-9,21H,(H,19,22);4-10,20H,1-3H3,(H,19,21);1-6,24H,(H,23,25);1-5,19H,(H,17,20);1-7,17H,(H,15,18). The number of phenolic OH excluding ortho intramolecular Hbond substituents is 5. The molecule has 11 rings (SSSR count). The highest BCUT2D eigenvalue weighted by molar-refractivity contribution is 6.37. The molecule has 10 N–H and O–H groups in total. The van der Waals surface area contributed by atoms with E-state index in [0.29, 0.717) is 28.2 Å². The van der Waals surface area contributed by atoms with Crippen LogP contribution in [-0.4, -0.2) is 69.8 Å². The van der Waals surface area contributed by atoms with E-state index in [2.05, 4.69) is 42.0 Å². The average Bonchev–Trinajstić information content (AvgIpc) is 0.798. The van der Waals surface area contributed by atoms with Crippen LogP contribution in [0.4, 0.5) is 71.8 Å². The minimum Gasteiger partial charge on any atom is -0.507 e. The van der Waals surface area contributed by atoms with E-state index in [1.807, 2.05) is 41.7 Å². The van der Waals surface area contributed by atoms with E-state index in [-0.39, 0.29) is 121 Å². The van der Waals surface area contributed by atoms with Gasteiger partial charge in [-0.05, 0) is 132 Å². The van der Waals surface area contributed by atoms with E-state index < -0.39 is 84.6 Å². The van der Waals surface area contributed by atoms with Crippen LogP contribution in [0.1, 0.15) is 89.3 Å². The largest absolute Gasteiger partial charge is 0.507 e. The number of nitro benzene ring substituents is 3. The predicted octanol–water partition coefficient (Wildman–Crippen LogP) is 22.0. The Hall–Kier alpha value is -12.2. The van der Waals surface area contributed by atoms with Gasteiger partial charge in [-0.2, -0.15) is 26.3 Å². The van der Waals surface area contributed by atoms with Gasteiger partial charge in [-0.1, -0.05) is 157 Å². The molecule has 0 saturated heterocycles. The Labute approximate surface area is 663 Å². The van der Waals surface area contributed by atoms with E-state index >= 15 is 0 Å². The van der Waals surface area contributed by atoms with Crippen LogP contribution in [0.15, 0.2) is 206 Å². The number of amides is 5. The lowest BCUT2D eigenvalue weighted by atomic mass is 9.87. The number of nitrogens with one attached hydrogen (secondary N) is 5. The number of para-hydroxylation sites is 1. The third-order valence-corrected chi connectivity index (χ3v) is 17.0. The van der Waals surface area contributed by atoms with Crippen molar-refractivity contribution in [3.05, 3.63) is 316 Å². The zero-order valence-electron chi connectivity index (χ0n) is 57.1. The van der Waals surface area contributed by atoms with Crippen molar-refractivity contribution in [2.75, 3.05) is 26.6 Å². The summed E-state index contributed by atoms with van der Waals surface area (Å²) in [6, 6.07) is 45.9. The number of halogens is 13. The van der Waals surface area contributed by atoms with Crippen LogP contribution < -0.4 is 26.6 Å². The molecule has 0 spiro atoms. The predicted molar refractivity (Wildman–Crippen MR) is 414 cm³/mol. The van der Waals surface area contributed by atoms with Gasteiger partial charge in [-0.3, -0.25) is 54.3 Å². The Bertz CT molecular complexity index is 5450. The van der Waals surface area contributed by atoms with Gasteiger partial charge in [0, 0.05) is 68.2 Å². The normalized spacial score (nSPS) is 10.9. The van der Waals surface area contributed by atoms with Crippen molar-refractivity contribution in [3.63, 3.8) is 0 Å². The minimum atomic E-state index is -5.04. The number of hydrogen-bond acceptors (Lipinski definition) is 16. The second-order valence-corrected chi connectivity index (χ2v) is 26.9. The lowest BCUT2D eigenvalue weighted by Crippen LogP contribution is -2.16. The third kappa shape index (κ3) is 23.9. The van der Waals surface area contributed by atoms with Gasteiger partial charge in [-0.25, -0.2) is 0 Å². The molecular formula is C75H53Cl7F6N8O16. The summed E-state index contributed by atoms with van der Waals surface area (Å²) in [6.45, 7) is 6.32. The van der Waals surface area contributed by atoms with Crippen molar-refractivity contribution in [2.45, 2.75) is 38.5 Å². The summed E-state index contributed by atoms with van der Waals surface area (Å²) in [5.41, 5.74) is -2.26. The topological polar surface area (TPSA) is 376 Å². The van der Waals surface area contributed by atoms with Crippen molar-refractivity contribution in [1.29, 1.82) is 0 Å². The number of nitrogens with zero attached hydrogens (tertiary/aromatic N) is 3. The van der Waals surface area contributed by atoms with Gasteiger partial charge in [0.2, 0.25) is 0 Å². The SMILES string of the molecule is CC(C)(C)c1cccc(NC(=O)c2cc(Cl)ccc2O)c1.O=C(Nc1cc(C(F)(F)F)cc(C(F)(F)F)c1)c1cc(Cl)ccc1O.O=C(Nc1ccc([N+](=O)[O-])cc1Cl)c1cc(Cl)cc(Cl)c1O.O=C(Nc1ccc([N+](=O)[O-])cc1Cl)c1ccc2ccccc2c1O.O=C(Nc1ccc([N+](=O)[O-])cc1Cl)c1ccccc1O. The molecule has 0 aliphatic heterocycles. The molecule has 0 saturated carbocycles. The van der Waals surface area contributed by atoms with Gasteiger partial charge in [0.15, 0.2) is 0 Å². The number of anilines is 5. The molecule has 0 fully saturated rings. The number of nitro groups is 3. The highest BCUT2D eigenvalue weighted by Gasteiger charge is 2.37. The molecule has 37 heteroatoms. The minimum absolute atomic E-state index is 0.00106. The molecule has 0 unspecified atom stereocenters. The van der Waals surface area contributed by atoms with Gasteiger partial charge >= 0.3 is 12.4 Å². The average molecular weight is 1680 g/mol. The number of carbonyl (C=O) groups is 5. The second kappa shape index (κ2) is 37.5. The maximum absolute atomic E-state index is 12.8. The Morgan fingerprint density at radius 1 is 0.339 bits per heavy atom. The van der Waals surface area contributed by atoms with Crippen LogP contribution >= 0.6 is 81.2 Å². The summed E-state index contributed by atoms with van der Waals surface area (Å²) in [6.07, 6.45) is -10.1. The molecule has 11 aromatic carbocycles. The molecule has 0 bridgehead atoms. The Balaban J connectivity index is 0.000000195. The Kier molecular flexibility index (Phi) is 29.2. The quantitative estimate of drug-likeness (QED) is 0.0291. The first kappa shape index (κ1) is 87.1. The van der Waals surface area contributed by atoms with Gasteiger partial charge in [0.1, 0.15) is 28.7 Å². The van der Waals surface area contributed by atoms with Crippen LogP contribution in [0, 0.1) is 30.3 Å². The van der Waals surface area contributed by atoms with E-state index in [1.165, 1.54) is 91.0 Å². The van der Waals surface area contributed by atoms with E-state index in [0.717, 1.165) is 41.3 Å². The summed E-state index contributed by atoms with van der Waals surface area (Å²) in [5.74, 6) is -4.69. The van der Waals surface area contributed by atoms with Crippen LogP contribution in [0.5, 0.6) is 28.7 Å². The smallest absolute Gasteiger partial charge is 0.416 e. The zero-order valence-corrected chi connectivity index (χ0v) is 62.4. The fraction of sp³-hybridized carbons (Fsp3) is 0.0800. The van der Waals surface area contributed by atoms with E-state index in [1.54, 1.807) is 30.3 Å². The number of non-ortho nitro benzene ring substituents is 3. The summed E-state index contributed by atoms with van der Waals surface area (Å²) < 4.78 is 76.7. The highest BCUT2D eigenvalue weighted by Crippen LogP contribution is 2.40. The van der Waals surface area contributed by atoms with E-state index in [4.69, 9.17) is 81.2 Å². The maximum atomic E-state index is 12.8. The first-order chi connectivity index (χ1) is 52.4. The zero-order chi connectivity index (χ0) is 83.0. The molecule has 0 radical (unpaired) electrons. The van der Waals surface area contributed by atoms with Gasteiger partial charge < -0.3 is 52.1 Å². The number of benzene rings is 11. The fourth-order valence-electron chi connectivity index (χ4n) is 9.44. The molecule has 112 heavy (non-hydrogen) atoms. The van der Waals surface area contributed by atoms with Gasteiger partial charge in [-0.15, -0.1) is 0 Å². The first-order valence-corrected chi connectivity index (χ1v) is 34.0. The van der Waals surface area contributed by atoms with Crippen molar-refractivity contribution < 1.29 is 90.6 Å². The van der Waals surface area contributed by atoms with Crippen molar-refractivity contribution in [2.24, 2.45) is 0 Å². The third-order valence-electron chi connectivity index (χ3n) is 15.0. The molecule has 0 heterocycles. The van der Waals surface area contributed by atoms with Gasteiger partial charge in [0.25, 0.3) is 46.6 Å². The van der Waals surface area contributed by atoms with Crippen LogP contribution in [0.25, 0.3) is 10.8 Å². The molecule has 0 atom stereocenters. The summed E-state index contributed by atoms with van der Waals surface area (Å²) in [5, 5.41) is 95.0. The second-order valence-electron chi connectivity index (χ2n) is 24.0. The molecule has 0 aliphatic carbocycles. The number of carbonyl (C=O) groups excluding carboxylic acids is 5.